The molecule has 0 aromatic heterocycles. The topological polar surface area (TPSA) is 24.5 Å². The molecular formula is C14H28N2O. The fourth-order valence-corrected chi connectivity index (χ4v) is 3.26. The van der Waals surface area contributed by atoms with E-state index in [4.69, 9.17) is 4.74 Å². The van der Waals surface area contributed by atoms with Crippen LogP contribution in [0.3, 0.4) is 0 Å². The Kier molecular flexibility index (Phi) is 4.83. The molecule has 3 heteroatoms. The van der Waals surface area contributed by atoms with E-state index in [0.29, 0.717) is 5.92 Å². The van der Waals surface area contributed by atoms with Crippen molar-refractivity contribution in [3.8, 4) is 0 Å². The average molecular weight is 240 g/mol. The maximum atomic E-state index is 5.57. The first-order valence-electron chi connectivity index (χ1n) is 7.19. The van der Waals surface area contributed by atoms with E-state index in [1.165, 1.54) is 32.6 Å². The first-order chi connectivity index (χ1) is 8.16. The van der Waals surface area contributed by atoms with Gasteiger partial charge in [-0.15, -0.1) is 0 Å². The van der Waals surface area contributed by atoms with Gasteiger partial charge in [0.15, 0.2) is 0 Å². The van der Waals surface area contributed by atoms with Gasteiger partial charge in [0.05, 0.1) is 6.61 Å². The number of hydrogen-bond donors (Lipinski definition) is 1. The van der Waals surface area contributed by atoms with E-state index < -0.39 is 0 Å². The van der Waals surface area contributed by atoms with Gasteiger partial charge in [0.2, 0.25) is 0 Å². The van der Waals surface area contributed by atoms with Crippen LogP contribution in [0.4, 0.5) is 0 Å². The Balaban J connectivity index is 1.99. The number of ether oxygens (including phenoxy) is 1. The molecule has 0 bridgehead atoms. The standard InChI is InChI=1S/C14H28N2O/c1-11-6-15-7-12(2)9-16(8-11)14-4-5-17-10-13(14)3/h11-15H,4-10H2,1-3H3. The summed E-state index contributed by atoms with van der Waals surface area (Å²) in [5.41, 5.74) is 0. The molecule has 2 aliphatic heterocycles. The molecule has 4 unspecified atom stereocenters. The first kappa shape index (κ1) is 13.3. The molecule has 17 heavy (non-hydrogen) atoms. The summed E-state index contributed by atoms with van der Waals surface area (Å²) in [5.74, 6) is 2.21. The van der Waals surface area contributed by atoms with E-state index in [1.54, 1.807) is 0 Å². The van der Waals surface area contributed by atoms with Crippen LogP contribution in [0.2, 0.25) is 0 Å². The lowest BCUT2D eigenvalue weighted by Crippen LogP contribution is -2.51. The highest BCUT2D eigenvalue weighted by Crippen LogP contribution is 2.23. The second-order valence-electron chi connectivity index (χ2n) is 6.23. The minimum absolute atomic E-state index is 0.690. The van der Waals surface area contributed by atoms with Crippen LogP contribution in [0.15, 0.2) is 0 Å². The monoisotopic (exact) mass is 240 g/mol. The van der Waals surface area contributed by atoms with Crippen LogP contribution < -0.4 is 5.32 Å². The molecule has 0 saturated carbocycles. The molecule has 1 N–H and O–H groups in total. The molecule has 0 amide bonds. The Morgan fingerprint density at radius 2 is 1.71 bits per heavy atom. The van der Waals surface area contributed by atoms with Crippen LogP contribution in [0.25, 0.3) is 0 Å². The van der Waals surface area contributed by atoms with Gasteiger partial charge in [-0.2, -0.15) is 0 Å². The largest absolute Gasteiger partial charge is 0.381 e. The molecule has 0 spiro atoms. The van der Waals surface area contributed by atoms with Crippen LogP contribution in [-0.2, 0) is 4.74 Å². The minimum Gasteiger partial charge on any atom is -0.381 e. The highest BCUT2D eigenvalue weighted by Gasteiger charge is 2.30. The third-order valence-electron chi connectivity index (χ3n) is 4.14. The second-order valence-corrected chi connectivity index (χ2v) is 6.23. The molecule has 2 saturated heterocycles. The number of rotatable bonds is 1. The summed E-state index contributed by atoms with van der Waals surface area (Å²) in [6, 6.07) is 0.742. The van der Waals surface area contributed by atoms with Crippen molar-refractivity contribution >= 4 is 0 Å². The average Bonchev–Trinajstić information content (AvgIpc) is 2.26. The Hall–Kier alpha value is -0.120. The zero-order valence-corrected chi connectivity index (χ0v) is 11.6. The lowest BCUT2D eigenvalue weighted by molar-refractivity contribution is -0.0164. The fourth-order valence-electron chi connectivity index (χ4n) is 3.26. The third kappa shape index (κ3) is 3.67. The molecule has 0 aromatic carbocycles. The molecule has 0 aliphatic carbocycles. The Morgan fingerprint density at radius 1 is 1.06 bits per heavy atom. The van der Waals surface area contributed by atoms with E-state index in [0.717, 1.165) is 31.1 Å². The lowest BCUT2D eigenvalue weighted by Gasteiger charge is -2.42. The van der Waals surface area contributed by atoms with E-state index in [9.17, 15) is 0 Å². The predicted octanol–water partition coefficient (Wildman–Crippen LogP) is 1.59. The van der Waals surface area contributed by atoms with E-state index >= 15 is 0 Å². The fraction of sp³-hybridized carbons (Fsp3) is 1.00. The quantitative estimate of drug-likeness (QED) is 0.753. The zero-order chi connectivity index (χ0) is 12.3. The summed E-state index contributed by atoms with van der Waals surface area (Å²) in [6.45, 7) is 13.8. The molecule has 2 aliphatic rings. The van der Waals surface area contributed by atoms with Gasteiger partial charge in [-0.1, -0.05) is 20.8 Å². The van der Waals surface area contributed by atoms with Crippen molar-refractivity contribution in [1.82, 2.24) is 10.2 Å². The Bertz CT molecular complexity index is 222. The molecule has 100 valence electrons. The highest BCUT2D eigenvalue weighted by molar-refractivity contribution is 4.83. The van der Waals surface area contributed by atoms with Crippen molar-refractivity contribution < 1.29 is 4.74 Å². The summed E-state index contributed by atoms with van der Waals surface area (Å²) in [6.07, 6.45) is 1.22. The van der Waals surface area contributed by atoms with Gasteiger partial charge >= 0.3 is 0 Å². The van der Waals surface area contributed by atoms with E-state index in [2.05, 4.69) is 31.0 Å². The number of nitrogens with one attached hydrogen (secondary N) is 1. The van der Waals surface area contributed by atoms with E-state index in [1.807, 2.05) is 0 Å². The zero-order valence-electron chi connectivity index (χ0n) is 11.6. The van der Waals surface area contributed by atoms with Crippen molar-refractivity contribution in [2.45, 2.75) is 33.2 Å². The van der Waals surface area contributed by atoms with Crippen molar-refractivity contribution in [1.29, 1.82) is 0 Å². The summed E-state index contributed by atoms with van der Waals surface area (Å²) in [4.78, 5) is 2.74. The number of nitrogens with zero attached hydrogens (tertiary/aromatic N) is 1. The van der Waals surface area contributed by atoms with Gasteiger partial charge in [-0.05, 0) is 37.3 Å². The van der Waals surface area contributed by atoms with E-state index in [-0.39, 0.29) is 0 Å². The Morgan fingerprint density at radius 3 is 2.29 bits per heavy atom. The summed E-state index contributed by atoms with van der Waals surface area (Å²) in [7, 11) is 0. The smallest absolute Gasteiger partial charge is 0.0506 e. The van der Waals surface area contributed by atoms with Crippen LogP contribution in [-0.4, -0.2) is 50.3 Å². The molecule has 3 nitrogen and oxygen atoms in total. The number of hydrogen-bond acceptors (Lipinski definition) is 3. The first-order valence-corrected chi connectivity index (χ1v) is 7.19. The minimum atomic E-state index is 0.690. The van der Waals surface area contributed by atoms with Crippen LogP contribution >= 0.6 is 0 Å². The van der Waals surface area contributed by atoms with Crippen molar-refractivity contribution in [3.05, 3.63) is 0 Å². The highest BCUT2D eigenvalue weighted by atomic mass is 16.5. The van der Waals surface area contributed by atoms with Gasteiger partial charge < -0.3 is 10.1 Å². The lowest BCUT2D eigenvalue weighted by atomic mass is 9.93. The summed E-state index contributed by atoms with van der Waals surface area (Å²) in [5, 5.41) is 3.57. The van der Waals surface area contributed by atoms with Crippen molar-refractivity contribution in [3.63, 3.8) is 0 Å². The normalized spacial score (nSPS) is 41.8. The molecular weight excluding hydrogens is 212 g/mol. The van der Waals surface area contributed by atoms with Crippen LogP contribution in [0, 0.1) is 17.8 Å². The molecule has 0 aromatic rings. The van der Waals surface area contributed by atoms with Crippen molar-refractivity contribution in [2.75, 3.05) is 39.4 Å². The van der Waals surface area contributed by atoms with Gasteiger partial charge in [0.25, 0.3) is 0 Å². The van der Waals surface area contributed by atoms with Gasteiger partial charge in [-0.25, -0.2) is 0 Å². The van der Waals surface area contributed by atoms with Crippen LogP contribution in [0.5, 0.6) is 0 Å². The maximum Gasteiger partial charge on any atom is 0.0506 e. The molecule has 0 radical (unpaired) electrons. The van der Waals surface area contributed by atoms with Crippen molar-refractivity contribution in [2.24, 2.45) is 17.8 Å². The van der Waals surface area contributed by atoms with Gasteiger partial charge in [0, 0.05) is 25.7 Å². The molecule has 2 rings (SSSR count). The second kappa shape index (κ2) is 6.17. The third-order valence-corrected chi connectivity index (χ3v) is 4.14. The summed E-state index contributed by atoms with van der Waals surface area (Å²) < 4.78 is 5.57. The summed E-state index contributed by atoms with van der Waals surface area (Å²) >= 11 is 0. The predicted molar refractivity (Wildman–Crippen MR) is 71.2 cm³/mol. The Labute approximate surface area is 106 Å². The van der Waals surface area contributed by atoms with Crippen LogP contribution in [0.1, 0.15) is 27.2 Å². The molecule has 2 heterocycles. The SMILES string of the molecule is CC1CNCC(C)CN(C2CCOCC2C)C1. The van der Waals surface area contributed by atoms with Gasteiger partial charge in [-0.3, -0.25) is 4.90 Å². The maximum absolute atomic E-state index is 5.57. The van der Waals surface area contributed by atoms with Gasteiger partial charge in [0.1, 0.15) is 0 Å². The molecule has 4 atom stereocenters. The molecule has 2 fully saturated rings.